The van der Waals surface area contributed by atoms with Crippen LogP contribution < -0.4 is 14.2 Å². The zero-order valence-corrected chi connectivity index (χ0v) is 15.9. The highest BCUT2D eigenvalue weighted by atomic mass is 31.0. The van der Waals surface area contributed by atoms with Crippen LogP contribution in [-0.4, -0.2) is 19.3 Å². The fourth-order valence-electron chi connectivity index (χ4n) is 2.72. The van der Waals surface area contributed by atoms with Crippen molar-refractivity contribution in [2.75, 3.05) is 14.2 Å². The molecule has 3 aromatic carbocycles. The molecule has 4 nitrogen and oxygen atoms in total. The number of rotatable bonds is 6. The fourth-order valence-corrected chi connectivity index (χ4v) is 3.04. The second-order valence-corrected chi connectivity index (χ2v) is 6.07. The van der Waals surface area contributed by atoms with Gasteiger partial charge < -0.3 is 19.3 Å². The van der Waals surface area contributed by atoms with Crippen LogP contribution in [0.2, 0.25) is 0 Å². The van der Waals surface area contributed by atoms with Crippen molar-refractivity contribution < 1.29 is 19.3 Å². The summed E-state index contributed by atoms with van der Waals surface area (Å²) in [6.45, 7) is 0. The SMILES string of the molecule is COc1cccc(Oc2c(CP)cccc2-c2cc(OC)ccc2O)c1. The molecule has 3 rings (SSSR count). The predicted molar refractivity (Wildman–Crippen MR) is 107 cm³/mol. The molecular weight excluding hydrogens is 347 g/mol. The van der Waals surface area contributed by atoms with Gasteiger partial charge in [0.1, 0.15) is 28.7 Å². The Balaban J connectivity index is 2.12. The maximum atomic E-state index is 10.4. The standard InChI is InChI=1S/C21H21O4P/c1-23-15-6-4-7-17(11-15)25-21-14(13-26)5-3-8-18(21)19-12-16(24-2)9-10-20(19)22/h3-12,22H,13,26H2,1-2H3. The molecule has 5 heteroatoms. The average Bonchev–Trinajstić information content (AvgIpc) is 2.69. The maximum absolute atomic E-state index is 10.4. The van der Waals surface area contributed by atoms with Crippen molar-refractivity contribution in [3.05, 3.63) is 66.2 Å². The third-order valence-electron chi connectivity index (χ3n) is 4.07. The van der Waals surface area contributed by atoms with Gasteiger partial charge in [0.2, 0.25) is 0 Å². The van der Waals surface area contributed by atoms with Crippen molar-refractivity contribution in [3.63, 3.8) is 0 Å². The largest absolute Gasteiger partial charge is 0.507 e. The average molecular weight is 368 g/mol. The molecule has 0 aliphatic carbocycles. The molecule has 0 saturated carbocycles. The zero-order chi connectivity index (χ0) is 18.5. The van der Waals surface area contributed by atoms with E-state index >= 15 is 0 Å². The Morgan fingerprint density at radius 2 is 1.50 bits per heavy atom. The summed E-state index contributed by atoms with van der Waals surface area (Å²) in [4.78, 5) is 0. The summed E-state index contributed by atoms with van der Waals surface area (Å²) in [6.07, 6.45) is 0.720. The predicted octanol–water partition coefficient (Wildman–Crippen LogP) is 5.24. The van der Waals surface area contributed by atoms with Crippen LogP contribution in [0, 0.1) is 0 Å². The molecule has 0 heterocycles. The van der Waals surface area contributed by atoms with E-state index in [1.54, 1.807) is 32.4 Å². The molecule has 0 bridgehead atoms. The maximum Gasteiger partial charge on any atom is 0.138 e. The summed E-state index contributed by atoms with van der Waals surface area (Å²) in [5.74, 6) is 2.92. The van der Waals surface area contributed by atoms with Crippen LogP contribution in [0.1, 0.15) is 5.56 Å². The highest BCUT2D eigenvalue weighted by molar-refractivity contribution is 7.15. The first kappa shape index (κ1) is 18.1. The number of benzene rings is 3. The molecule has 0 radical (unpaired) electrons. The highest BCUT2D eigenvalue weighted by Crippen LogP contribution is 2.42. The Morgan fingerprint density at radius 3 is 2.23 bits per heavy atom. The van der Waals surface area contributed by atoms with E-state index in [4.69, 9.17) is 14.2 Å². The lowest BCUT2D eigenvalue weighted by molar-refractivity contribution is 0.408. The highest BCUT2D eigenvalue weighted by Gasteiger charge is 2.16. The molecule has 0 aliphatic rings. The number of methoxy groups -OCH3 is 2. The molecule has 0 amide bonds. The fraction of sp³-hybridized carbons (Fsp3) is 0.143. The Kier molecular flexibility index (Phi) is 5.65. The van der Waals surface area contributed by atoms with Crippen LogP contribution in [0.15, 0.2) is 60.7 Å². The summed E-state index contributed by atoms with van der Waals surface area (Å²) in [5.41, 5.74) is 2.46. The molecule has 0 fully saturated rings. The Morgan fingerprint density at radius 1 is 0.808 bits per heavy atom. The molecule has 0 aromatic heterocycles. The number of phenols is 1. The molecule has 0 aliphatic heterocycles. The number of ether oxygens (including phenoxy) is 3. The third-order valence-corrected chi connectivity index (χ3v) is 4.51. The van der Waals surface area contributed by atoms with Crippen LogP contribution >= 0.6 is 9.24 Å². The quantitative estimate of drug-likeness (QED) is 0.604. The van der Waals surface area contributed by atoms with E-state index in [-0.39, 0.29) is 5.75 Å². The van der Waals surface area contributed by atoms with E-state index in [0.717, 1.165) is 23.0 Å². The van der Waals surface area contributed by atoms with Gasteiger partial charge in [0.05, 0.1) is 14.2 Å². The first-order valence-electron chi connectivity index (χ1n) is 8.17. The second kappa shape index (κ2) is 8.11. The molecule has 0 saturated heterocycles. The third kappa shape index (κ3) is 3.76. The molecule has 134 valence electrons. The Labute approximate surface area is 155 Å². The van der Waals surface area contributed by atoms with Gasteiger partial charge >= 0.3 is 0 Å². The lowest BCUT2D eigenvalue weighted by atomic mass is 10.0. The Hall–Kier alpha value is -2.71. The molecule has 0 spiro atoms. The van der Waals surface area contributed by atoms with Crippen LogP contribution in [-0.2, 0) is 6.16 Å². The first-order chi connectivity index (χ1) is 12.7. The molecular formula is C21H21O4P. The molecule has 26 heavy (non-hydrogen) atoms. The van der Waals surface area contributed by atoms with Gasteiger partial charge in [-0.25, -0.2) is 0 Å². The summed E-state index contributed by atoms with van der Waals surface area (Å²) >= 11 is 0. The normalized spacial score (nSPS) is 10.4. The molecule has 3 aromatic rings. The summed E-state index contributed by atoms with van der Waals surface area (Å²) in [7, 11) is 5.93. The number of para-hydroxylation sites is 1. The minimum Gasteiger partial charge on any atom is -0.507 e. The smallest absolute Gasteiger partial charge is 0.138 e. The van der Waals surface area contributed by atoms with Gasteiger partial charge in [0.25, 0.3) is 0 Å². The van der Waals surface area contributed by atoms with Crippen LogP contribution in [0.4, 0.5) is 0 Å². The van der Waals surface area contributed by atoms with E-state index < -0.39 is 0 Å². The van der Waals surface area contributed by atoms with Gasteiger partial charge in [-0.05, 0) is 42.1 Å². The summed E-state index contributed by atoms with van der Waals surface area (Å²) in [6, 6.07) is 18.5. The number of aromatic hydroxyl groups is 1. The van der Waals surface area contributed by atoms with Crippen molar-refractivity contribution in [3.8, 4) is 39.9 Å². The van der Waals surface area contributed by atoms with Gasteiger partial charge in [-0.1, -0.05) is 24.3 Å². The van der Waals surface area contributed by atoms with Crippen LogP contribution in [0.25, 0.3) is 11.1 Å². The van der Waals surface area contributed by atoms with Gasteiger partial charge in [0.15, 0.2) is 0 Å². The molecule has 1 atom stereocenters. The van der Waals surface area contributed by atoms with E-state index in [9.17, 15) is 5.11 Å². The van der Waals surface area contributed by atoms with Gasteiger partial charge in [0, 0.05) is 17.2 Å². The van der Waals surface area contributed by atoms with Crippen molar-refractivity contribution in [2.45, 2.75) is 6.16 Å². The van der Waals surface area contributed by atoms with Gasteiger partial charge in [-0.3, -0.25) is 0 Å². The van der Waals surface area contributed by atoms with E-state index in [2.05, 4.69) is 9.24 Å². The Bertz CT molecular complexity index is 908. The van der Waals surface area contributed by atoms with Crippen LogP contribution in [0.3, 0.4) is 0 Å². The van der Waals surface area contributed by atoms with Crippen molar-refractivity contribution in [1.82, 2.24) is 0 Å². The topological polar surface area (TPSA) is 47.9 Å². The second-order valence-electron chi connectivity index (χ2n) is 5.66. The lowest BCUT2D eigenvalue weighted by Crippen LogP contribution is -1.94. The minimum atomic E-state index is 0.169. The number of hydrogen-bond acceptors (Lipinski definition) is 4. The molecule has 1 N–H and O–H groups in total. The van der Waals surface area contributed by atoms with E-state index in [0.29, 0.717) is 22.8 Å². The van der Waals surface area contributed by atoms with Gasteiger partial charge in [-0.15, -0.1) is 9.24 Å². The van der Waals surface area contributed by atoms with Crippen molar-refractivity contribution in [2.24, 2.45) is 0 Å². The van der Waals surface area contributed by atoms with E-state index in [1.165, 1.54) is 0 Å². The van der Waals surface area contributed by atoms with E-state index in [1.807, 2.05) is 42.5 Å². The first-order valence-corrected chi connectivity index (χ1v) is 8.99. The summed E-state index contributed by atoms with van der Waals surface area (Å²) in [5, 5.41) is 10.4. The monoisotopic (exact) mass is 368 g/mol. The lowest BCUT2D eigenvalue weighted by Gasteiger charge is -2.17. The zero-order valence-electron chi connectivity index (χ0n) is 14.7. The van der Waals surface area contributed by atoms with Gasteiger partial charge in [-0.2, -0.15) is 0 Å². The number of phenolic OH excluding ortho intramolecular Hbond substituents is 1. The van der Waals surface area contributed by atoms with Crippen LogP contribution in [0.5, 0.6) is 28.7 Å². The number of hydrogen-bond donors (Lipinski definition) is 1. The minimum absolute atomic E-state index is 0.169. The summed E-state index contributed by atoms with van der Waals surface area (Å²) < 4.78 is 16.8. The van der Waals surface area contributed by atoms with Crippen molar-refractivity contribution >= 4 is 9.24 Å². The molecule has 1 unspecified atom stereocenters. The van der Waals surface area contributed by atoms with Crippen molar-refractivity contribution in [1.29, 1.82) is 0 Å².